The molecular formula is C23H36O5Si. The Labute approximate surface area is 175 Å². The average molecular weight is 421 g/mol. The van der Waals surface area contributed by atoms with Gasteiger partial charge in [0, 0.05) is 11.8 Å². The Hall–Kier alpha value is -1.02. The van der Waals surface area contributed by atoms with E-state index in [4.69, 9.17) is 13.9 Å². The van der Waals surface area contributed by atoms with E-state index in [1.54, 1.807) is 0 Å². The summed E-state index contributed by atoms with van der Waals surface area (Å²) in [6.45, 7) is 12.0. The van der Waals surface area contributed by atoms with Gasteiger partial charge in [-0.05, 0) is 29.3 Å². The predicted octanol–water partition coefficient (Wildman–Crippen LogP) is 3.52. The molecule has 2 aliphatic rings. The highest BCUT2D eigenvalue weighted by molar-refractivity contribution is 6.74. The van der Waals surface area contributed by atoms with Crippen LogP contribution in [-0.2, 0) is 20.5 Å². The number of hydrogen-bond donors (Lipinski definition) is 2. The smallest absolute Gasteiger partial charge is 0.192 e. The largest absolute Gasteiger partial charge is 0.410 e. The minimum absolute atomic E-state index is 0.00289. The first-order chi connectivity index (χ1) is 13.7. The molecule has 0 spiro atoms. The number of aliphatic hydroxyl groups is 2. The lowest BCUT2D eigenvalue weighted by molar-refractivity contribution is -0.178. The molecule has 3 rings (SSSR count). The topological polar surface area (TPSA) is 68.2 Å². The van der Waals surface area contributed by atoms with Gasteiger partial charge in [-0.3, -0.25) is 0 Å². The Bertz CT molecular complexity index is 697. The van der Waals surface area contributed by atoms with E-state index in [0.29, 0.717) is 13.2 Å². The second kappa shape index (κ2) is 9.00. The molecule has 0 unspecified atom stereocenters. The van der Waals surface area contributed by atoms with Gasteiger partial charge in [0.1, 0.15) is 6.10 Å². The van der Waals surface area contributed by atoms with E-state index in [0.717, 1.165) is 11.1 Å². The number of fused-ring (bicyclic) bond motifs is 1. The van der Waals surface area contributed by atoms with E-state index in [1.807, 2.05) is 30.3 Å². The molecular weight excluding hydrogens is 384 g/mol. The Balaban J connectivity index is 1.85. The van der Waals surface area contributed by atoms with Crippen LogP contribution in [0, 0.1) is 11.8 Å². The van der Waals surface area contributed by atoms with Crippen molar-refractivity contribution in [3.05, 3.63) is 47.5 Å². The minimum atomic E-state index is -2.02. The number of benzene rings is 1. The molecule has 1 aromatic rings. The van der Waals surface area contributed by atoms with Gasteiger partial charge in [0.05, 0.1) is 38.6 Å². The van der Waals surface area contributed by atoms with Crippen LogP contribution in [0.2, 0.25) is 18.1 Å². The van der Waals surface area contributed by atoms with E-state index in [9.17, 15) is 10.2 Å². The van der Waals surface area contributed by atoms with Gasteiger partial charge in [0.15, 0.2) is 8.32 Å². The Morgan fingerprint density at radius 1 is 1.14 bits per heavy atom. The highest BCUT2D eigenvalue weighted by Gasteiger charge is 2.51. The monoisotopic (exact) mass is 420 g/mol. The van der Waals surface area contributed by atoms with E-state index in [1.165, 1.54) is 0 Å². The van der Waals surface area contributed by atoms with Crippen molar-refractivity contribution in [2.45, 2.75) is 63.8 Å². The molecule has 0 amide bonds. The SMILES string of the molecule is CC(C)(C)[Si](C)(C)O[C@H]1C=C(CO)[C@@H]2CO[C@H](CO)[C@@H](OCc3ccccc3)[C@@H]12. The van der Waals surface area contributed by atoms with E-state index < -0.39 is 14.4 Å². The van der Waals surface area contributed by atoms with Crippen molar-refractivity contribution in [2.75, 3.05) is 19.8 Å². The first-order valence-corrected chi connectivity index (χ1v) is 13.5. The van der Waals surface area contributed by atoms with E-state index in [-0.39, 0.29) is 42.3 Å². The maximum Gasteiger partial charge on any atom is 0.192 e. The molecule has 0 radical (unpaired) electrons. The van der Waals surface area contributed by atoms with Crippen molar-refractivity contribution >= 4 is 8.32 Å². The molecule has 1 aliphatic carbocycles. The Kier molecular flexibility index (Phi) is 7.03. The van der Waals surface area contributed by atoms with Crippen molar-refractivity contribution in [1.29, 1.82) is 0 Å². The standard InChI is InChI=1S/C23H36O5Si/c1-23(2,3)29(4,5)28-19-11-17(12-24)18-15-26-20(13-25)22(21(18)19)27-14-16-9-7-6-8-10-16/h6-11,18-22,24-25H,12-15H2,1-5H3/t18-,19-,20+,21+,22+/m0/s1. The third-order valence-electron chi connectivity index (χ3n) is 6.82. The average Bonchev–Trinajstić information content (AvgIpc) is 3.03. The molecule has 5 atom stereocenters. The lowest BCUT2D eigenvalue weighted by atomic mass is 9.81. The quantitative estimate of drug-likeness (QED) is 0.522. The molecule has 1 aliphatic heterocycles. The second-order valence-electron chi connectivity index (χ2n) is 9.74. The van der Waals surface area contributed by atoms with Crippen LogP contribution in [0.15, 0.2) is 42.0 Å². The minimum Gasteiger partial charge on any atom is -0.410 e. The van der Waals surface area contributed by atoms with Gasteiger partial charge in [0.25, 0.3) is 0 Å². The third kappa shape index (κ3) is 4.84. The van der Waals surface area contributed by atoms with Crippen LogP contribution in [-0.4, -0.2) is 56.7 Å². The molecule has 29 heavy (non-hydrogen) atoms. The fourth-order valence-electron chi connectivity index (χ4n) is 4.07. The summed E-state index contributed by atoms with van der Waals surface area (Å²) < 4.78 is 19.1. The predicted molar refractivity (Wildman–Crippen MR) is 116 cm³/mol. The van der Waals surface area contributed by atoms with Crippen LogP contribution in [0.3, 0.4) is 0 Å². The molecule has 2 N–H and O–H groups in total. The number of rotatable bonds is 7. The summed E-state index contributed by atoms with van der Waals surface area (Å²) in [5.74, 6) is 0.0826. The van der Waals surface area contributed by atoms with Crippen LogP contribution >= 0.6 is 0 Å². The van der Waals surface area contributed by atoms with Crippen LogP contribution in [0.1, 0.15) is 26.3 Å². The molecule has 1 saturated heterocycles. The zero-order chi connectivity index (χ0) is 21.2. The summed E-state index contributed by atoms with van der Waals surface area (Å²) >= 11 is 0. The van der Waals surface area contributed by atoms with Crippen molar-refractivity contribution in [1.82, 2.24) is 0 Å². The number of aliphatic hydroxyl groups excluding tert-OH is 2. The van der Waals surface area contributed by atoms with E-state index in [2.05, 4.69) is 39.9 Å². The van der Waals surface area contributed by atoms with Gasteiger partial charge in [-0.1, -0.05) is 57.2 Å². The Morgan fingerprint density at radius 3 is 2.41 bits per heavy atom. The zero-order valence-electron chi connectivity index (χ0n) is 18.3. The summed E-state index contributed by atoms with van der Waals surface area (Å²) in [6.07, 6.45) is 1.25. The number of hydrogen-bond acceptors (Lipinski definition) is 5. The van der Waals surface area contributed by atoms with Crippen LogP contribution in [0.25, 0.3) is 0 Å². The molecule has 0 bridgehead atoms. The van der Waals surface area contributed by atoms with Crippen molar-refractivity contribution in [2.24, 2.45) is 11.8 Å². The van der Waals surface area contributed by atoms with Crippen LogP contribution in [0.5, 0.6) is 0 Å². The Morgan fingerprint density at radius 2 is 1.83 bits per heavy atom. The summed E-state index contributed by atoms with van der Waals surface area (Å²) in [5.41, 5.74) is 2.05. The summed E-state index contributed by atoms with van der Waals surface area (Å²) in [5, 5.41) is 20.0. The van der Waals surface area contributed by atoms with Crippen molar-refractivity contribution in [3.8, 4) is 0 Å². The molecule has 6 heteroatoms. The highest BCUT2D eigenvalue weighted by atomic mass is 28.4. The summed E-state index contributed by atoms with van der Waals surface area (Å²) in [7, 11) is -2.02. The van der Waals surface area contributed by atoms with Crippen LogP contribution < -0.4 is 0 Å². The lowest BCUT2D eigenvalue weighted by Gasteiger charge is -2.45. The van der Waals surface area contributed by atoms with Gasteiger partial charge in [-0.2, -0.15) is 0 Å². The summed E-state index contributed by atoms with van der Waals surface area (Å²) in [6, 6.07) is 10.0. The molecule has 1 fully saturated rings. The van der Waals surface area contributed by atoms with Gasteiger partial charge in [0.2, 0.25) is 0 Å². The molecule has 0 aromatic heterocycles. The van der Waals surface area contributed by atoms with Crippen LogP contribution in [0.4, 0.5) is 0 Å². The third-order valence-corrected chi connectivity index (χ3v) is 11.3. The fraction of sp³-hybridized carbons (Fsp3) is 0.652. The second-order valence-corrected chi connectivity index (χ2v) is 14.5. The zero-order valence-corrected chi connectivity index (χ0v) is 19.3. The first kappa shape index (κ1) is 22.7. The van der Waals surface area contributed by atoms with Crippen molar-refractivity contribution in [3.63, 3.8) is 0 Å². The molecule has 1 heterocycles. The van der Waals surface area contributed by atoms with Gasteiger partial charge in [-0.15, -0.1) is 0 Å². The first-order valence-electron chi connectivity index (χ1n) is 10.5. The molecule has 1 aromatic carbocycles. The van der Waals surface area contributed by atoms with Crippen molar-refractivity contribution < 1.29 is 24.1 Å². The molecule has 162 valence electrons. The molecule has 0 saturated carbocycles. The maximum atomic E-state index is 9.95. The highest BCUT2D eigenvalue weighted by Crippen LogP contribution is 2.46. The van der Waals surface area contributed by atoms with E-state index >= 15 is 0 Å². The fourth-order valence-corrected chi connectivity index (χ4v) is 5.33. The summed E-state index contributed by atoms with van der Waals surface area (Å²) in [4.78, 5) is 0. The number of ether oxygens (including phenoxy) is 2. The van der Waals surface area contributed by atoms with Gasteiger partial charge < -0.3 is 24.1 Å². The van der Waals surface area contributed by atoms with Gasteiger partial charge >= 0.3 is 0 Å². The molecule has 5 nitrogen and oxygen atoms in total. The normalized spacial score (nSPS) is 30.2. The van der Waals surface area contributed by atoms with Gasteiger partial charge in [-0.25, -0.2) is 0 Å². The lowest BCUT2D eigenvalue weighted by Crippen LogP contribution is -2.54. The maximum absolute atomic E-state index is 9.95.